The minimum absolute atomic E-state index is 0.791. The molecule has 0 aromatic carbocycles. The smallest absolute Gasteiger partial charge is 0.344 e. The first kappa shape index (κ1) is 6.55. The average Bonchev–Trinajstić information content (AvgIpc) is 1.88. The molecule has 2 nitrogen and oxygen atoms in total. The Balaban J connectivity index is 2.51. The highest BCUT2D eigenvalue weighted by molar-refractivity contribution is 6.23. The van der Waals surface area contributed by atoms with Crippen molar-refractivity contribution in [3.63, 3.8) is 0 Å². The zero-order valence-electron chi connectivity index (χ0n) is 5.83. The second kappa shape index (κ2) is 2.82. The van der Waals surface area contributed by atoms with E-state index < -0.39 is 0 Å². The summed E-state index contributed by atoms with van der Waals surface area (Å²) in [5.41, 5.74) is 0. The van der Waals surface area contributed by atoms with Crippen molar-refractivity contribution in [2.24, 2.45) is 0 Å². The van der Waals surface area contributed by atoms with Crippen molar-refractivity contribution in [2.75, 3.05) is 13.6 Å². The number of nitrogens with zero attached hydrogens (tertiary/aromatic N) is 2. The van der Waals surface area contributed by atoms with Gasteiger partial charge >= 0.3 is 9.84 Å². The second-order valence-corrected chi connectivity index (χ2v) is 3.47. The van der Waals surface area contributed by atoms with Crippen molar-refractivity contribution in [1.29, 1.82) is 0 Å². The van der Waals surface area contributed by atoms with Crippen LogP contribution < -0.4 is 0 Å². The minimum Gasteiger partial charge on any atom is -0.344 e. The van der Waals surface area contributed by atoms with Gasteiger partial charge in [0.2, 0.25) is 0 Å². The maximum Gasteiger partial charge on any atom is 0.643 e. The zero-order chi connectivity index (χ0) is 6.69. The van der Waals surface area contributed by atoms with Crippen molar-refractivity contribution in [3.05, 3.63) is 12.3 Å². The Morgan fingerprint density at radius 1 is 1.67 bits per heavy atom. The van der Waals surface area contributed by atoms with Gasteiger partial charge < -0.3 is 4.57 Å². The van der Waals surface area contributed by atoms with E-state index in [1.54, 1.807) is 0 Å². The van der Waals surface area contributed by atoms with Crippen LogP contribution in [0.1, 0.15) is 6.92 Å². The molecule has 0 bridgehead atoms. The van der Waals surface area contributed by atoms with E-state index in [0.29, 0.717) is 0 Å². The summed E-state index contributed by atoms with van der Waals surface area (Å²) in [6.07, 6.45) is 6.28. The largest absolute Gasteiger partial charge is 0.643 e. The first-order valence-corrected chi connectivity index (χ1v) is 4.00. The molecule has 0 saturated carbocycles. The summed E-state index contributed by atoms with van der Waals surface area (Å²) in [6, 6.07) is 0. The molecule has 0 saturated heterocycles. The summed E-state index contributed by atoms with van der Waals surface area (Å²) in [5.74, 6) is 0. The molecule has 0 spiro atoms. The first-order chi connectivity index (χ1) is 4.33. The van der Waals surface area contributed by atoms with Gasteiger partial charge in [0.05, 0.1) is 0 Å². The molecule has 9 heavy (non-hydrogen) atoms. The van der Waals surface area contributed by atoms with Crippen LogP contribution in [-0.2, 0) is 0 Å². The molecule has 2 radical (unpaired) electrons. The Morgan fingerprint density at radius 2 is 2.44 bits per heavy atom. The van der Waals surface area contributed by atoms with Crippen LogP contribution in [0.25, 0.3) is 0 Å². The molecule has 1 aliphatic heterocycles. The zero-order valence-corrected chi connectivity index (χ0v) is 6.83. The number of allylic oxidation sites excluding steroid dienone is 1. The van der Waals surface area contributed by atoms with Crippen LogP contribution in [0.4, 0.5) is 0 Å². The summed E-state index contributed by atoms with van der Waals surface area (Å²) in [6.45, 7) is 3.27. The van der Waals surface area contributed by atoms with Crippen molar-refractivity contribution in [3.8, 4) is 0 Å². The molecule has 1 aliphatic rings. The van der Waals surface area contributed by atoms with E-state index in [1.807, 2.05) is 0 Å². The molecule has 1 heterocycles. The molecule has 0 amide bonds. The van der Waals surface area contributed by atoms with Crippen LogP contribution in [-0.4, -0.2) is 38.5 Å². The number of hydrogen-bond acceptors (Lipinski definition) is 1. The molecule has 0 aromatic heterocycles. The van der Waals surface area contributed by atoms with Gasteiger partial charge in [-0.05, 0) is 6.92 Å². The minimum atomic E-state index is 0.791. The van der Waals surface area contributed by atoms with Gasteiger partial charge in [-0.3, -0.25) is 4.24 Å². The molecule has 0 atom stereocenters. The lowest BCUT2D eigenvalue weighted by molar-refractivity contribution is -0.345. The Morgan fingerprint density at radius 3 is 2.89 bits per heavy atom. The van der Waals surface area contributed by atoms with Gasteiger partial charge in [-0.15, -0.1) is 0 Å². The Bertz CT molecular complexity index is 151. The highest BCUT2D eigenvalue weighted by Gasteiger charge is 2.13. The number of rotatable bonds is 1. The Labute approximate surface area is 58.5 Å². The lowest BCUT2D eigenvalue weighted by Crippen LogP contribution is -2.33. The Hall–Kier alpha value is -0.573. The molecule has 1 rings (SSSR count). The van der Waals surface area contributed by atoms with Crippen LogP contribution in [0.15, 0.2) is 12.3 Å². The van der Waals surface area contributed by atoms with E-state index >= 15 is 0 Å². The van der Waals surface area contributed by atoms with E-state index in [0.717, 1.165) is 16.4 Å². The third-order valence-corrected chi connectivity index (χ3v) is 2.39. The van der Waals surface area contributed by atoms with E-state index in [-0.39, 0.29) is 0 Å². The number of hydrogen-bond donors (Lipinski definition) is 0. The van der Waals surface area contributed by atoms with E-state index in [4.69, 9.17) is 0 Å². The van der Waals surface area contributed by atoms with Gasteiger partial charge in [0.15, 0.2) is 0 Å². The summed E-state index contributed by atoms with van der Waals surface area (Å²) < 4.78 is 4.46. The molecular formula is C6H11N2Si+. The predicted molar refractivity (Wildman–Crippen MR) is 39.5 cm³/mol. The van der Waals surface area contributed by atoms with E-state index in [2.05, 4.69) is 41.3 Å². The van der Waals surface area contributed by atoms with Crippen LogP contribution in [0, 0.1) is 0 Å². The quantitative estimate of drug-likeness (QED) is 0.466. The van der Waals surface area contributed by atoms with Crippen molar-refractivity contribution in [2.45, 2.75) is 6.92 Å². The normalized spacial score (nSPS) is 18.0. The van der Waals surface area contributed by atoms with Crippen LogP contribution in [0.5, 0.6) is 0 Å². The maximum atomic E-state index is 2.28. The summed E-state index contributed by atoms with van der Waals surface area (Å²) in [7, 11) is 2.88. The van der Waals surface area contributed by atoms with Gasteiger partial charge in [-0.1, -0.05) is 0 Å². The summed E-state index contributed by atoms with van der Waals surface area (Å²) in [4.78, 5) is 0. The monoisotopic (exact) mass is 139 g/mol. The molecule has 3 heteroatoms. The highest BCUT2D eigenvalue weighted by Crippen LogP contribution is 1.89. The molecule has 0 N–H and O–H groups in total. The maximum absolute atomic E-state index is 2.28. The molecule has 0 unspecified atom stereocenters. The molecule has 48 valence electrons. The SMILES string of the molecule is CCN1C=CC=[N+](C)[Si]1. The lowest BCUT2D eigenvalue weighted by atomic mass is 10.6. The average molecular weight is 139 g/mol. The molecule has 0 fully saturated rings. The lowest BCUT2D eigenvalue weighted by Gasteiger charge is -2.12. The van der Waals surface area contributed by atoms with Gasteiger partial charge in [-0.2, -0.15) is 0 Å². The van der Waals surface area contributed by atoms with Crippen molar-refractivity contribution >= 4 is 16.1 Å². The van der Waals surface area contributed by atoms with Gasteiger partial charge in [0, 0.05) is 18.8 Å². The topological polar surface area (TPSA) is 6.25 Å². The van der Waals surface area contributed by atoms with Gasteiger partial charge in [0.25, 0.3) is 0 Å². The molecule has 0 aliphatic carbocycles. The predicted octanol–water partition coefficient (Wildman–Crippen LogP) is 0.0829. The third-order valence-electron chi connectivity index (χ3n) is 1.20. The highest BCUT2D eigenvalue weighted by atomic mass is 28.2. The second-order valence-electron chi connectivity index (χ2n) is 1.99. The first-order valence-electron chi connectivity index (χ1n) is 3.10. The summed E-state index contributed by atoms with van der Waals surface area (Å²) in [5, 5.41) is 0. The van der Waals surface area contributed by atoms with Crippen molar-refractivity contribution in [1.82, 2.24) is 4.57 Å². The third kappa shape index (κ3) is 1.68. The van der Waals surface area contributed by atoms with Crippen LogP contribution in [0.2, 0.25) is 0 Å². The van der Waals surface area contributed by atoms with Crippen LogP contribution in [0.3, 0.4) is 0 Å². The fourth-order valence-electron chi connectivity index (χ4n) is 0.717. The van der Waals surface area contributed by atoms with Crippen LogP contribution >= 0.6 is 0 Å². The van der Waals surface area contributed by atoms with Crippen molar-refractivity contribution < 1.29 is 4.24 Å². The van der Waals surface area contributed by atoms with Gasteiger partial charge in [-0.25, -0.2) is 0 Å². The molecule has 0 aromatic rings. The fraction of sp³-hybridized carbons (Fsp3) is 0.500. The summed E-state index contributed by atoms with van der Waals surface area (Å²) >= 11 is 0. The van der Waals surface area contributed by atoms with Gasteiger partial charge in [0.1, 0.15) is 13.3 Å². The van der Waals surface area contributed by atoms with E-state index in [9.17, 15) is 0 Å². The fourth-order valence-corrected chi connectivity index (χ4v) is 1.57. The molecular weight excluding hydrogens is 128 g/mol. The van der Waals surface area contributed by atoms with E-state index in [1.165, 1.54) is 0 Å². The standard InChI is InChI=1S/C6H11N2Si/c1-3-8-6-4-5-7(2)9-8/h4-6H,3H2,1-2H3/q+1. The Kier molecular flexibility index (Phi) is 2.05.